The minimum absolute atomic E-state index is 0.00117. The second-order valence-corrected chi connectivity index (χ2v) is 5.90. The van der Waals surface area contributed by atoms with E-state index in [2.05, 4.69) is 9.98 Å². The fourth-order valence-corrected chi connectivity index (χ4v) is 2.66. The Bertz CT molecular complexity index is 1150. The maximum atomic E-state index is 9.82. The molecule has 0 saturated carbocycles. The van der Waals surface area contributed by atoms with Crippen LogP contribution in [0, 0.1) is 0 Å². The topological polar surface area (TPSA) is 88.1 Å². The first kappa shape index (κ1) is 16.7. The average molecular weight is 360 g/mol. The Morgan fingerprint density at radius 2 is 1.93 bits per heavy atom. The smallest absolute Gasteiger partial charge is 0.227 e. The Hall–Kier alpha value is -3.80. The molecule has 0 aliphatic heterocycles. The summed E-state index contributed by atoms with van der Waals surface area (Å²) in [6.45, 7) is 0. The lowest BCUT2D eigenvalue weighted by molar-refractivity contribution is 0.415. The minimum Gasteiger partial charge on any atom is -0.508 e. The van der Waals surface area contributed by atoms with Crippen LogP contribution < -0.4 is 4.74 Å². The van der Waals surface area contributed by atoms with Gasteiger partial charge in [0.1, 0.15) is 22.8 Å². The number of hydrogen-bond acceptors (Lipinski definition) is 6. The van der Waals surface area contributed by atoms with Crippen molar-refractivity contribution in [2.45, 2.75) is 0 Å². The maximum absolute atomic E-state index is 9.82. The van der Waals surface area contributed by atoms with Crippen molar-refractivity contribution in [3.05, 3.63) is 66.2 Å². The van der Waals surface area contributed by atoms with E-state index in [1.807, 2.05) is 24.3 Å². The van der Waals surface area contributed by atoms with Crippen molar-refractivity contribution >= 4 is 23.0 Å². The van der Waals surface area contributed by atoms with Crippen molar-refractivity contribution < 1.29 is 19.4 Å². The van der Waals surface area contributed by atoms with E-state index in [0.29, 0.717) is 28.2 Å². The Kier molecular flexibility index (Phi) is 4.22. The van der Waals surface area contributed by atoms with Gasteiger partial charge in [0.05, 0.1) is 12.8 Å². The molecule has 3 aromatic carbocycles. The highest BCUT2D eigenvalue weighted by Gasteiger charge is 2.09. The summed E-state index contributed by atoms with van der Waals surface area (Å²) in [5.41, 5.74) is 3.33. The van der Waals surface area contributed by atoms with Gasteiger partial charge in [0, 0.05) is 23.4 Å². The van der Waals surface area contributed by atoms with E-state index >= 15 is 0 Å². The summed E-state index contributed by atoms with van der Waals surface area (Å²) in [7, 11) is 1.61. The molecule has 134 valence electrons. The number of ether oxygens (including phenoxy) is 1. The number of oxazole rings is 1. The van der Waals surface area contributed by atoms with Gasteiger partial charge in [0.25, 0.3) is 0 Å². The average Bonchev–Trinajstić information content (AvgIpc) is 3.11. The molecule has 0 amide bonds. The number of benzene rings is 3. The number of phenolic OH excluding ortho intramolecular Hbond substituents is 2. The van der Waals surface area contributed by atoms with Gasteiger partial charge in [-0.2, -0.15) is 0 Å². The van der Waals surface area contributed by atoms with Crippen LogP contribution in [-0.2, 0) is 0 Å². The summed E-state index contributed by atoms with van der Waals surface area (Å²) in [6, 6.07) is 17.2. The minimum atomic E-state index is -0.0402. The molecule has 0 atom stereocenters. The van der Waals surface area contributed by atoms with E-state index in [-0.39, 0.29) is 11.5 Å². The summed E-state index contributed by atoms with van der Waals surface area (Å²) < 4.78 is 11.1. The lowest BCUT2D eigenvalue weighted by atomic mass is 10.2. The molecule has 0 fully saturated rings. The van der Waals surface area contributed by atoms with Crippen LogP contribution in [0.1, 0.15) is 5.56 Å². The number of aromatic hydroxyl groups is 2. The predicted molar refractivity (Wildman–Crippen MR) is 103 cm³/mol. The number of fused-ring (bicyclic) bond motifs is 1. The molecule has 0 radical (unpaired) electrons. The molecule has 0 saturated heterocycles. The molecule has 1 heterocycles. The van der Waals surface area contributed by atoms with Gasteiger partial charge in [-0.1, -0.05) is 6.07 Å². The molecule has 4 rings (SSSR count). The Balaban J connectivity index is 1.65. The van der Waals surface area contributed by atoms with E-state index in [1.165, 1.54) is 18.3 Å². The highest BCUT2D eigenvalue weighted by atomic mass is 16.5. The summed E-state index contributed by atoms with van der Waals surface area (Å²) in [5.74, 6) is 1.19. The number of methoxy groups -OCH3 is 1. The quantitative estimate of drug-likeness (QED) is 0.517. The number of aliphatic imine (C=N–C) groups is 1. The third-order valence-corrected chi connectivity index (χ3v) is 4.05. The molecule has 0 aliphatic rings. The first-order valence-corrected chi connectivity index (χ1v) is 8.23. The number of aromatic nitrogens is 1. The standard InChI is InChI=1S/C21H16N2O4/c1-26-17-4-2-3-13(9-17)21-23-18-10-15(6-8-20(18)27-21)22-12-14-5-7-16(24)11-19(14)25/h2-12,24-25H,1H3. The van der Waals surface area contributed by atoms with Crippen LogP contribution in [-0.4, -0.2) is 28.5 Å². The van der Waals surface area contributed by atoms with Crippen LogP contribution in [0.4, 0.5) is 5.69 Å². The van der Waals surface area contributed by atoms with Gasteiger partial charge >= 0.3 is 0 Å². The van der Waals surface area contributed by atoms with Crippen molar-refractivity contribution in [1.82, 2.24) is 4.98 Å². The molecule has 4 aromatic rings. The molecule has 27 heavy (non-hydrogen) atoms. The van der Waals surface area contributed by atoms with Crippen LogP contribution in [0.2, 0.25) is 0 Å². The highest BCUT2D eigenvalue weighted by Crippen LogP contribution is 2.29. The molecular formula is C21H16N2O4. The highest BCUT2D eigenvalue weighted by molar-refractivity contribution is 5.87. The van der Waals surface area contributed by atoms with Gasteiger partial charge in [-0.05, 0) is 48.5 Å². The fourth-order valence-electron chi connectivity index (χ4n) is 2.66. The van der Waals surface area contributed by atoms with Crippen LogP contribution in [0.25, 0.3) is 22.6 Å². The molecule has 0 unspecified atom stereocenters. The Labute approximate surface area is 155 Å². The number of hydrogen-bond donors (Lipinski definition) is 2. The SMILES string of the molecule is COc1cccc(-c2nc3cc(N=Cc4ccc(O)cc4O)ccc3o2)c1. The van der Waals surface area contributed by atoms with Crippen molar-refractivity contribution in [3.63, 3.8) is 0 Å². The van der Waals surface area contributed by atoms with Crippen molar-refractivity contribution in [3.8, 4) is 28.7 Å². The number of phenols is 2. The van der Waals surface area contributed by atoms with Crippen LogP contribution >= 0.6 is 0 Å². The zero-order chi connectivity index (χ0) is 18.8. The second-order valence-electron chi connectivity index (χ2n) is 5.90. The third-order valence-electron chi connectivity index (χ3n) is 4.05. The zero-order valence-electron chi connectivity index (χ0n) is 14.5. The number of nitrogens with zero attached hydrogens (tertiary/aromatic N) is 2. The van der Waals surface area contributed by atoms with Gasteiger partial charge < -0.3 is 19.4 Å². The first-order valence-electron chi connectivity index (χ1n) is 8.23. The van der Waals surface area contributed by atoms with Crippen molar-refractivity contribution in [1.29, 1.82) is 0 Å². The molecule has 1 aromatic heterocycles. The molecular weight excluding hydrogens is 344 g/mol. The maximum Gasteiger partial charge on any atom is 0.227 e. The summed E-state index contributed by atoms with van der Waals surface area (Å²) in [6.07, 6.45) is 1.53. The molecule has 0 aliphatic carbocycles. The molecule has 6 heteroatoms. The monoisotopic (exact) mass is 360 g/mol. The Morgan fingerprint density at radius 1 is 1.04 bits per heavy atom. The van der Waals surface area contributed by atoms with Gasteiger partial charge in [0.15, 0.2) is 5.58 Å². The molecule has 2 N–H and O–H groups in total. The van der Waals surface area contributed by atoms with Crippen LogP contribution in [0.3, 0.4) is 0 Å². The fraction of sp³-hybridized carbons (Fsp3) is 0.0476. The first-order chi connectivity index (χ1) is 13.1. The third kappa shape index (κ3) is 3.46. The van der Waals surface area contributed by atoms with Gasteiger partial charge in [0.2, 0.25) is 5.89 Å². The molecule has 0 spiro atoms. The molecule has 6 nitrogen and oxygen atoms in total. The zero-order valence-corrected chi connectivity index (χ0v) is 14.5. The van der Waals surface area contributed by atoms with Crippen LogP contribution in [0.5, 0.6) is 17.2 Å². The van der Waals surface area contributed by atoms with E-state index in [1.54, 1.807) is 31.4 Å². The summed E-state index contributed by atoms with van der Waals surface area (Å²) in [4.78, 5) is 8.88. The van der Waals surface area contributed by atoms with E-state index < -0.39 is 0 Å². The lowest BCUT2D eigenvalue weighted by Gasteiger charge is -2.00. The second kappa shape index (κ2) is 6.84. The van der Waals surface area contributed by atoms with Gasteiger partial charge in [-0.15, -0.1) is 0 Å². The van der Waals surface area contributed by atoms with E-state index in [0.717, 1.165) is 11.3 Å². The van der Waals surface area contributed by atoms with E-state index in [4.69, 9.17) is 9.15 Å². The van der Waals surface area contributed by atoms with Crippen molar-refractivity contribution in [2.24, 2.45) is 4.99 Å². The van der Waals surface area contributed by atoms with Crippen molar-refractivity contribution in [2.75, 3.05) is 7.11 Å². The largest absolute Gasteiger partial charge is 0.508 e. The summed E-state index contributed by atoms with van der Waals surface area (Å²) >= 11 is 0. The van der Waals surface area contributed by atoms with E-state index in [9.17, 15) is 10.2 Å². The Morgan fingerprint density at radius 3 is 2.74 bits per heavy atom. The van der Waals surface area contributed by atoms with Crippen LogP contribution in [0.15, 0.2) is 70.1 Å². The number of rotatable bonds is 4. The predicted octanol–water partition coefficient (Wildman–Crippen LogP) is 4.67. The normalized spacial score (nSPS) is 11.3. The van der Waals surface area contributed by atoms with Gasteiger partial charge in [-0.25, -0.2) is 4.98 Å². The van der Waals surface area contributed by atoms with Gasteiger partial charge in [-0.3, -0.25) is 4.99 Å². The summed E-state index contributed by atoms with van der Waals surface area (Å²) in [5, 5.41) is 19.2. The molecule has 0 bridgehead atoms. The lowest BCUT2D eigenvalue weighted by Crippen LogP contribution is -1.83.